The number of ether oxygens (including phenoxy) is 5. The highest BCUT2D eigenvalue weighted by atomic mass is 16.7. The van der Waals surface area contributed by atoms with E-state index in [4.69, 9.17) is 29.4 Å². The second-order valence-electron chi connectivity index (χ2n) is 11.3. The van der Waals surface area contributed by atoms with Gasteiger partial charge in [0.2, 0.25) is 11.8 Å². The van der Waals surface area contributed by atoms with Crippen LogP contribution in [-0.4, -0.2) is 174 Å². The predicted octanol–water partition coefficient (Wildman–Crippen LogP) is -7.09. The summed E-state index contributed by atoms with van der Waals surface area (Å²) in [4.78, 5) is 36.5. The van der Waals surface area contributed by atoms with Crippen LogP contribution in [0.25, 0.3) is 0 Å². The van der Waals surface area contributed by atoms with Crippen LogP contribution in [0.1, 0.15) is 27.2 Å². The zero-order chi connectivity index (χ0) is 34.0. The number of aliphatic hydroxyl groups excluding tert-OH is 7. The summed E-state index contributed by atoms with van der Waals surface area (Å²) in [5.41, 5.74) is 6.33. The van der Waals surface area contributed by atoms with Crippen molar-refractivity contribution in [3.63, 3.8) is 0 Å². The van der Waals surface area contributed by atoms with E-state index >= 15 is 0 Å². The highest BCUT2D eigenvalue weighted by molar-refractivity contribution is 5.76. The van der Waals surface area contributed by atoms with Gasteiger partial charge in [0.15, 0.2) is 12.6 Å². The average molecular weight is 658 g/mol. The zero-order valence-corrected chi connectivity index (χ0v) is 24.6. The number of aliphatic hydroxyl groups is 8. The first-order chi connectivity index (χ1) is 20.9. The normalized spacial score (nSPS) is 43.6. The number of amides is 2. The monoisotopic (exact) mass is 657 g/mol. The lowest BCUT2D eigenvalue weighted by atomic mass is 9.88. The van der Waals surface area contributed by atoms with Crippen LogP contribution in [0.15, 0.2) is 0 Å². The lowest BCUT2D eigenvalue weighted by Crippen LogP contribution is -2.71. The topological polar surface area (TPSA) is 330 Å². The Bertz CT molecular complexity index is 1040. The third-order valence-corrected chi connectivity index (χ3v) is 7.92. The second kappa shape index (κ2) is 15.2. The van der Waals surface area contributed by atoms with E-state index in [1.54, 1.807) is 0 Å². The van der Waals surface area contributed by atoms with Crippen molar-refractivity contribution >= 4 is 17.8 Å². The minimum absolute atomic E-state index is 0.673. The fraction of sp³-hybridized carbons (Fsp3) is 0.880. The first-order valence-corrected chi connectivity index (χ1v) is 14.1. The van der Waals surface area contributed by atoms with Gasteiger partial charge < -0.3 is 86.0 Å². The Labute approximate surface area is 256 Å². The molecule has 0 radical (unpaired) electrons. The lowest BCUT2D eigenvalue weighted by Gasteiger charge is -2.50. The molecule has 3 fully saturated rings. The van der Waals surface area contributed by atoms with Gasteiger partial charge in [-0.3, -0.25) is 9.59 Å². The number of rotatable bonds is 11. The van der Waals surface area contributed by atoms with Gasteiger partial charge in [0.05, 0.1) is 37.5 Å². The minimum Gasteiger partial charge on any atom is -0.477 e. The summed E-state index contributed by atoms with van der Waals surface area (Å²) in [6, 6.07) is -3.98. The molecule has 0 saturated carbocycles. The third-order valence-electron chi connectivity index (χ3n) is 7.92. The van der Waals surface area contributed by atoms with Crippen molar-refractivity contribution < 1.29 is 84.0 Å². The molecule has 20 heteroatoms. The van der Waals surface area contributed by atoms with E-state index in [2.05, 4.69) is 10.6 Å². The summed E-state index contributed by atoms with van der Waals surface area (Å²) in [5, 5.41) is 96.1. The van der Waals surface area contributed by atoms with Crippen LogP contribution in [0.2, 0.25) is 0 Å². The molecule has 260 valence electrons. The van der Waals surface area contributed by atoms with Gasteiger partial charge >= 0.3 is 5.97 Å². The minimum atomic E-state index is -3.05. The molecule has 0 aromatic heterocycles. The average Bonchev–Trinajstić information content (AvgIpc) is 2.97. The van der Waals surface area contributed by atoms with Crippen molar-refractivity contribution in [1.82, 2.24) is 10.6 Å². The maximum Gasteiger partial charge on any atom is 0.364 e. The maximum atomic E-state index is 12.3. The molecule has 0 bridgehead atoms. The largest absolute Gasteiger partial charge is 0.477 e. The molecule has 0 aromatic rings. The van der Waals surface area contributed by atoms with Crippen molar-refractivity contribution in [2.24, 2.45) is 5.73 Å². The van der Waals surface area contributed by atoms with Gasteiger partial charge in [0, 0.05) is 20.3 Å². The van der Waals surface area contributed by atoms with Crippen LogP contribution in [0.4, 0.5) is 0 Å². The fourth-order valence-electron chi connectivity index (χ4n) is 5.48. The number of carbonyl (C=O) groups excluding carboxylic acids is 2. The smallest absolute Gasteiger partial charge is 0.364 e. The van der Waals surface area contributed by atoms with E-state index in [9.17, 15) is 60.3 Å². The van der Waals surface area contributed by atoms with Crippen LogP contribution in [0.3, 0.4) is 0 Å². The van der Waals surface area contributed by atoms with Crippen molar-refractivity contribution in [3.8, 4) is 0 Å². The van der Waals surface area contributed by atoms with Crippen LogP contribution in [0, 0.1) is 0 Å². The number of aliphatic carboxylic acids is 1. The summed E-state index contributed by atoms with van der Waals surface area (Å²) < 4.78 is 28.5. The molecule has 3 aliphatic heterocycles. The van der Waals surface area contributed by atoms with E-state index < -0.39 is 135 Å². The van der Waals surface area contributed by atoms with Gasteiger partial charge in [-0.15, -0.1) is 0 Å². The van der Waals surface area contributed by atoms with Crippen LogP contribution in [-0.2, 0) is 38.1 Å². The molecular formula is C25H43N3O17. The van der Waals surface area contributed by atoms with E-state index in [0.29, 0.717) is 0 Å². The maximum absolute atomic E-state index is 12.3. The van der Waals surface area contributed by atoms with E-state index in [-0.39, 0.29) is 0 Å². The molecule has 3 heterocycles. The molecule has 20 nitrogen and oxygen atoms in total. The Kier molecular flexibility index (Phi) is 12.6. The first-order valence-electron chi connectivity index (χ1n) is 14.1. The molecule has 3 rings (SSSR count). The van der Waals surface area contributed by atoms with Crippen LogP contribution in [0.5, 0.6) is 0 Å². The van der Waals surface area contributed by atoms with Crippen molar-refractivity contribution in [1.29, 1.82) is 0 Å². The van der Waals surface area contributed by atoms with Gasteiger partial charge in [-0.05, 0) is 6.92 Å². The van der Waals surface area contributed by atoms with Crippen molar-refractivity contribution in [2.45, 2.75) is 125 Å². The molecule has 3 aliphatic rings. The molecule has 0 aromatic carbocycles. The van der Waals surface area contributed by atoms with Gasteiger partial charge in [0.1, 0.15) is 54.9 Å². The Morgan fingerprint density at radius 1 is 0.956 bits per heavy atom. The molecule has 45 heavy (non-hydrogen) atoms. The van der Waals surface area contributed by atoms with Crippen LogP contribution >= 0.6 is 0 Å². The summed E-state index contributed by atoms with van der Waals surface area (Å²) in [7, 11) is 0. The van der Waals surface area contributed by atoms with Gasteiger partial charge in [-0.2, -0.15) is 0 Å². The fourth-order valence-corrected chi connectivity index (χ4v) is 5.48. The zero-order valence-electron chi connectivity index (χ0n) is 24.6. The highest BCUT2D eigenvalue weighted by Crippen LogP contribution is 2.35. The number of nitrogens with two attached hydrogens (primary N) is 1. The van der Waals surface area contributed by atoms with Gasteiger partial charge in [-0.1, -0.05) is 0 Å². The molecule has 2 amide bonds. The summed E-state index contributed by atoms with van der Waals surface area (Å²) in [6.07, 6.45) is -20.7. The van der Waals surface area contributed by atoms with Crippen LogP contribution < -0.4 is 16.4 Å². The first kappa shape index (κ1) is 37.3. The van der Waals surface area contributed by atoms with Crippen molar-refractivity contribution in [3.05, 3.63) is 0 Å². The molecule has 0 spiro atoms. The molecule has 16 atom stereocenters. The van der Waals surface area contributed by atoms with E-state index in [1.165, 1.54) is 6.92 Å². The predicted molar refractivity (Wildman–Crippen MR) is 142 cm³/mol. The summed E-state index contributed by atoms with van der Waals surface area (Å²) in [5.74, 6) is -6.37. The van der Waals surface area contributed by atoms with Crippen molar-refractivity contribution in [2.75, 3.05) is 13.2 Å². The number of carbonyl (C=O) groups is 3. The third kappa shape index (κ3) is 8.23. The van der Waals surface area contributed by atoms with Gasteiger partial charge in [0.25, 0.3) is 5.79 Å². The highest BCUT2D eigenvalue weighted by Gasteiger charge is 2.57. The number of hydrogen-bond acceptors (Lipinski definition) is 17. The molecular weight excluding hydrogens is 614 g/mol. The Balaban J connectivity index is 2.01. The Hall–Kier alpha value is -2.15. The second-order valence-corrected chi connectivity index (χ2v) is 11.3. The molecule has 13 N–H and O–H groups in total. The summed E-state index contributed by atoms with van der Waals surface area (Å²) >= 11 is 0. The lowest BCUT2D eigenvalue weighted by molar-refractivity contribution is -0.343. The van der Waals surface area contributed by atoms with E-state index in [0.717, 1.165) is 13.8 Å². The Morgan fingerprint density at radius 2 is 1.56 bits per heavy atom. The SMILES string of the molecule is CC(=O)N[C@H]1[C@@H](O[C@H]2C[C@@](O)(C(=O)O)O[C@@H]([C@H](O)[C@H](O)CO)[C@@H]2NC(C)=O)O[C@H](C)[C@H](N)[C@@H]1O[C@@H]1O[C@H](CO)[C@H](O)[C@H](O)[C@H]1O. The number of carboxylic acids is 1. The molecule has 0 unspecified atom stereocenters. The van der Waals surface area contributed by atoms with Gasteiger partial charge in [-0.25, -0.2) is 4.79 Å². The Morgan fingerprint density at radius 3 is 2.09 bits per heavy atom. The number of hydrogen-bond donors (Lipinski definition) is 12. The standard InChI is InChI=1S/C25H43N3O17/c1-7-13(26)20(44-23-19(37)18(36)17(35)12(6-30)43-23)15(28-9(3)32)22(41-7)42-11-4-25(40,24(38)39)45-21(14(11)27-8(2)31)16(34)10(33)5-29/h7,10-23,29-30,33-37,40H,4-6,26H2,1-3H3,(H,27,31)(H,28,32)(H,38,39)/t7-,10-,11+,12-,13+,14-,15-,16-,17+,18+,19-,20+,21-,22-,23+,25+/m1/s1. The molecule has 0 aliphatic carbocycles. The molecule has 3 saturated heterocycles. The quantitative estimate of drug-likeness (QED) is 0.0981. The number of nitrogens with one attached hydrogen (secondary N) is 2. The summed E-state index contributed by atoms with van der Waals surface area (Å²) in [6.45, 7) is 1.89. The number of carboxylic acid groups (broad SMARTS) is 1. The van der Waals surface area contributed by atoms with E-state index in [1.807, 2.05) is 0 Å².